The molecule has 2 rings (SSSR count). The first-order valence-electron chi connectivity index (χ1n) is 6.63. The predicted octanol–water partition coefficient (Wildman–Crippen LogP) is 3.26. The maximum Gasteiger partial charge on any atom is 0.269 e. The summed E-state index contributed by atoms with van der Waals surface area (Å²) in [7, 11) is 0. The second-order valence-corrected chi connectivity index (χ2v) is 5.14. The number of rotatable bonds is 5. The molecule has 1 aliphatic carbocycles. The highest BCUT2D eigenvalue weighted by Gasteiger charge is 2.20. The summed E-state index contributed by atoms with van der Waals surface area (Å²) in [6.07, 6.45) is 5.37. The molecule has 0 bridgehead atoms. The average Bonchev–Trinajstić information content (AvgIpc) is 2.90. The second kappa shape index (κ2) is 5.96. The third-order valence-electron chi connectivity index (χ3n) is 3.88. The quantitative estimate of drug-likeness (QED) is 0.642. The van der Waals surface area contributed by atoms with Crippen LogP contribution >= 0.6 is 0 Å². The molecule has 18 heavy (non-hydrogen) atoms. The largest absolute Gasteiger partial charge is 0.310 e. The lowest BCUT2D eigenvalue weighted by Gasteiger charge is -2.20. The molecule has 0 amide bonds. The van der Waals surface area contributed by atoms with Crippen LogP contribution in [-0.2, 0) is 6.54 Å². The molecule has 0 unspecified atom stereocenters. The average molecular weight is 248 g/mol. The molecule has 0 heterocycles. The topological polar surface area (TPSA) is 55.2 Å². The number of nitro groups is 1. The molecule has 0 aliphatic heterocycles. The molecule has 0 saturated heterocycles. The normalized spacial score (nSPS) is 17.8. The van der Waals surface area contributed by atoms with E-state index < -0.39 is 0 Å². The van der Waals surface area contributed by atoms with Crippen molar-refractivity contribution in [3.8, 4) is 0 Å². The van der Waals surface area contributed by atoms with Gasteiger partial charge in [0, 0.05) is 24.7 Å². The van der Waals surface area contributed by atoms with Crippen LogP contribution in [-0.4, -0.2) is 11.0 Å². The van der Waals surface area contributed by atoms with Crippen LogP contribution in [0.4, 0.5) is 5.69 Å². The molecule has 1 aliphatic rings. The van der Waals surface area contributed by atoms with Gasteiger partial charge in [-0.2, -0.15) is 0 Å². The molecule has 1 atom stereocenters. The van der Waals surface area contributed by atoms with Gasteiger partial charge in [0.2, 0.25) is 0 Å². The van der Waals surface area contributed by atoms with Gasteiger partial charge < -0.3 is 5.32 Å². The van der Waals surface area contributed by atoms with Gasteiger partial charge >= 0.3 is 0 Å². The van der Waals surface area contributed by atoms with Gasteiger partial charge in [-0.25, -0.2) is 0 Å². The maximum atomic E-state index is 10.5. The molecule has 4 nitrogen and oxygen atoms in total. The Bertz CT molecular complexity index is 397. The molecular formula is C14H20N2O2. The number of nitrogens with zero attached hydrogens (tertiary/aromatic N) is 1. The van der Waals surface area contributed by atoms with Crippen molar-refractivity contribution >= 4 is 5.69 Å². The Morgan fingerprint density at radius 3 is 2.50 bits per heavy atom. The second-order valence-electron chi connectivity index (χ2n) is 5.14. The lowest BCUT2D eigenvalue weighted by molar-refractivity contribution is -0.384. The summed E-state index contributed by atoms with van der Waals surface area (Å²) in [5.74, 6) is 0.794. The lowest BCUT2D eigenvalue weighted by atomic mass is 9.99. The number of nitro benzene ring substituents is 1. The van der Waals surface area contributed by atoms with Crippen LogP contribution in [0.1, 0.15) is 38.2 Å². The van der Waals surface area contributed by atoms with Crippen molar-refractivity contribution in [2.24, 2.45) is 5.92 Å². The van der Waals surface area contributed by atoms with Gasteiger partial charge in [-0.05, 0) is 31.2 Å². The molecule has 0 aromatic heterocycles. The molecule has 98 valence electrons. The number of non-ortho nitro benzene ring substituents is 1. The van der Waals surface area contributed by atoms with Crippen molar-refractivity contribution in [2.45, 2.75) is 45.2 Å². The monoisotopic (exact) mass is 248 g/mol. The minimum absolute atomic E-state index is 0.155. The Balaban J connectivity index is 1.84. The highest BCUT2D eigenvalue weighted by Crippen LogP contribution is 2.27. The molecule has 1 saturated carbocycles. The van der Waals surface area contributed by atoms with Crippen LogP contribution < -0.4 is 5.32 Å². The van der Waals surface area contributed by atoms with E-state index in [1.807, 2.05) is 12.1 Å². The van der Waals surface area contributed by atoms with E-state index in [-0.39, 0.29) is 10.6 Å². The fourth-order valence-corrected chi connectivity index (χ4v) is 2.64. The smallest absolute Gasteiger partial charge is 0.269 e. The Morgan fingerprint density at radius 2 is 1.94 bits per heavy atom. The van der Waals surface area contributed by atoms with E-state index in [9.17, 15) is 10.1 Å². The maximum absolute atomic E-state index is 10.5. The Morgan fingerprint density at radius 1 is 1.33 bits per heavy atom. The zero-order chi connectivity index (χ0) is 13.0. The van der Waals surface area contributed by atoms with E-state index in [0.717, 1.165) is 18.0 Å². The molecule has 0 spiro atoms. The molecule has 1 N–H and O–H groups in total. The summed E-state index contributed by atoms with van der Waals surface area (Å²) >= 11 is 0. The van der Waals surface area contributed by atoms with Crippen molar-refractivity contribution in [3.05, 3.63) is 39.9 Å². The SMILES string of the molecule is C[C@@H](NCc1ccc([N+](=O)[O-])cc1)C1CCCC1. The molecule has 1 fully saturated rings. The van der Waals surface area contributed by atoms with Crippen LogP contribution in [0.2, 0.25) is 0 Å². The molecular weight excluding hydrogens is 228 g/mol. The highest BCUT2D eigenvalue weighted by molar-refractivity contribution is 5.32. The van der Waals surface area contributed by atoms with Crippen molar-refractivity contribution < 1.29 is 4.92 Å². The van der Waals surface area contributed by atoms with Crippen molar-refractivity contribution in [1.82, 2.24) is 5.32 Å². The van der Waals surface area contributed by atoms with E-state index in [2.05, 4.69) is 12.2 Å². The van der Waals surface area contributed by atoms with Gasteiger partial charge in [-0.1, -0.05) is 25.0 Å². The van der Waals surface area contributed by atoms with E-state index >= 15 is 0 Å². The third kappa shape index (κ3) is 3.29. The fourth-order valence-electron chi connectivity index (χ4n) is 2.64. The zero-order valence-electron chi connectivity index (χ0n) is 10.8. The van der Waals surface area contributed by atoms with Crippen molar-refractivity contribution in [2.75, 3.05) is 0 Å². The van der Waals surface area contributed by atoms with Crippen molar-refractivity contribution in [1.29, 1.82) is 0 Å². The molecule has 4 heteroatoms. The van der Waals surface area contributed by atoms with E-state index in [1.165, 1.54) is 25.7 Å². The minimum Gasteiger partial charge on any atom is -0.310 e. The summed E-state index contributed by atoms with van der Waals surface area (Å²) in [5, 5.41) is 14.1. The molecule has 1 aromatic carbocycles. The standard InChI is InChI=1S/C14H20N2O2/c1-11(13-4-2-3-5-13)15-10-12-6-8-14(9-7-12)16(17)18/h6-9,11,13,15H,2-5,10H2,1H3/t11-/m1/s1. The first-order chi connectivity index (χ1) is 8.66. The minimum atomic E-state index is -0.363. The number of nitrogens with one attached hydrogen (secondary N) is 1. The van der Waals surface area contributed by atoms with E-state index in [4.69, 9.17) is 0 Å². The van der Waals surface area contributed by atoms with Gasteiger partial charge in [0.1, 0.15) is 0 Å². The van der Waals surface area contributed by atoms with Gasteiger partial charge in [0.05, 0.1) is 4.92 Å². The Labute approximate surface area is 108 Å². The summed E-state index contributed by atoms with van der Waals surface area (Å²) in [6, 6.07) is 7.32. The van der Waals surface area contributed by atoms with Gasteiger partial charge in [-0.3, -0.25) is 10.1 Å². The fraction of sp³-hybridized carbons (Fsp3) is 0.571. The molecule has 0 radical (unpaired) electrons. The number of hydrogen-bond donors (Lipinski definition) is 1. The van der Waals surface area contributed by atoms with Crippen LogP contribution in [0.15, 0.2) is 24.3 Å². The van der Waals surface area contributed by atoms with Crippen LogP contribution in [0.3, 0.4) is 0 Å². The summed E-state index contributed by atoms with van der Waals surface area (Å²) in [6.45, 7) is 3.02. The van der Waals surface area contributed by atoms with E-state index in [0.29, 0.717) is 6.04 Å². The van der Waals surface area contributed by atoms with Gasteiger partial charge in [-0.15, -0.1) is 0 Å². The Hall–Kier alpha value is -1.42. The zero-order valence-corrected chi connectivity index (χ0v) is 10.8. The predicted molar refractivity (Wildman–Crippen MR) is 71.4 cm³/mol. The summed E-state index contributed by atoms with van der Waals surface area (Å²) in [5.41, 5.74) is 1.26. The Kier molecular flexibility index (Phi) is 4.31. The van der Waals surface area contributed by atoms with Crippen molar-refractivity contribution in [3.63, 3.8) is 0 Å². The summed E-state index contributed by atoms with van der Waals surface area (Å²) in [4.78, 5) is 10.2. The third-order valence-corrected chi connectivity index (χ3v) is 3.88. The van der Waals surface area contributed by atoms with E-state index in [1.54, 1.807) is 12.1 Å². The first kappa shape index (κ1) is 13.0. The number of benzene rings is 1. The first-order valence-corrected chi connectivity index (χ1v) is 6.63. The lowest BCUT2D eigenvalue weighted by Crippen LogP contribution is -2.31. The van der Waals surface area contributed by atoms with Gasteiger partial charge in [0.25, 0.3) is 5.69 Å². The molecule has 1 aromatic rings. The summed E-state index contributed by atoms with van der Waals surface area (Å²) < 4.78 is 0. The van der Waals surface area contributed by atoms with Crippen LogP contribution in [0, 0.1) is 16.0 Å². The number of hydrogen-bond acceptors (Lipinski definition) is 3. The van der Waals surface area contributed by atoms with Gasteiger partial charge in [0.15, 0.2) is 0 Å². The highest BCUT2D eigenvalue weighted by atomic mass is 16.6. The van der Waals surface area contributed by atoms with Crippen LogP contribution in [0.5, 0.6) is 0 Å². The van der Waals surface area contributed by atoms with Crippen LogP contribution in [0.25, 0.3) is 0 Å².